The second kappa shape index (κ2) is 4.81. The maximum Gasteiger partial charge on any atom is 0.0202 e. The highest BCUT2D eigenvalue weighted by molar-refractivity contribution is 9.09. The molecule has 1 unspecified atom stereocenters. The van der Waals surface area contributed by atoms with Crippen molar-refractivity contribution in [2.45, 2.75) is 20.3 Å². The highest BCUT2D eigenvalue weighted by atomic mass is 79.9. The summed E-state index contributed by atoms with van der Waals surface area (Å²) >= 11 is 9.21. The Bertz CT molecular complexity index is 205. The third kappa shape index (κ3) is 3.26. The van der Waals surface area contributed by atoms with Gasteiger partial charge in [0.2, 0.25) is 0 Å². The van der Waals surface area contributed by atoms with E-state index in [1.54, 1.807) is 5.54 Å². The molecular formula is C10H17BrClN. The predicted octanol–water partition coefficient (Wildman–Crippen LogP) is 3.24. The van der Waals surface area contributed by atoms with Crippen LogP contribution in [0.1, 0.15) is 20.3 Å². The van der Waals surface area contributed by atoms with Gasteiger partial charge >= 0.3 is 0 Å². The molecule has 1 rings (SSSR count). The maximum absolute atomic E-state index is 5.64. The van der Waals surface area contributed by atoms with Crippen LogP contribution in [0.4, 0.5) is 0 Å². The average molecular weight is 267 g/mol. The standard InChI is InChI=1S/C10H17BrClN/c1-9(5-12)6-13-4-3-10(2,7-11)8-13/h5H,3-4,6-8H2,1-2H3/b9-5+. The summed E-state index contributed by atoms with van der Waals surface area (Å²) in [4.78, 5) is 2.47. The maximum atomic E-state index is 5.64. The summed E-state index contributed by atoms with van der Waals surface area (Å²) in [6.07, 6.45) is 1.29. The highest BCUT2D eigenvalue weighted by Gasteiger charge is 2.32. The Labute approximate surface area is 94.3 Å². The zero-order valence-electron chi connectivity index (χ0n) is 8.32. The van der Waals surface area contributed by atoms with Gasteiger partial charge in [0.15, 0.2) is 0 Å². The Morgan fingerprint density at radius 3 is 2.85 bits per heavy atom. The van der Waals surface area contributed by atoms with E-state index >= 15 is 0 Å². The molecular weight excluding hydrogens is 249 g/mol. The van der Waals surface area contributed by atoms with Gasteiger partial charge in [-0.15, -0.1) is 0 Å². The van der Waals surface area contributed by atoms with Crippen LogP contribution in [0.3, 0.4) is 0 Å². The van der Waals surface area contributed by atoms with Crippen LogP contribution >= 0.6 is 27.5 Å². The van der Waals surface area contributed by atoms with Gasteiger partial charge in [-0.2, -0.15) is 0 Å². The molecule has 0 bridgehead atoms. The fourth-order valence-corrected chi connectivity index (χ4v) is 2.28. The molecule has 1 aliphatic rings. The second-order valence-corrected chi connectivity index (χ2v) is 5.14. The summed E-state index contributed by atoms with van der Waals surface area (Å²) in [7, 11) is 0. The largest absolute Gasteiger partial charge is 0.299 e. The Morgan fingerprint density at radius 1 is 1.69 bits per heavy atom. The van der Waals surface area contributed by atoms with E-state index in [9.17, 15) is 0 Å². The summed E-state index contributed by atoms with van der Waals surface area (Å²) in [5.74, 6) is 0. The molecule has 76 valence electrons. The quantitative estimate of drug-likeness (QED) is 0.709. The Hall–Kier alpha value is 0.470. The summed E-state index contributed by atoms with van der Waals surface area (Å²) in [5, 5.41) is 1.10. The van der Waals surface area contributed by atoms with E-state index in [1.807, 2.05) is 0 Å². The van der Waals surface area contributed by atoms with E-state index in [1.165, 1.54) is 25.1 Å². The van der Waals surface area contributed by atoms with Crippen molar-refractivity contribution in [1.29, 1.82) is 0 Å². The first-order valence-corrected chi connectivity index (χ1v) is 6.19. The van der Waals surface area contributed by atoms with Crippen LogP contribution in [0.25, 0.3) is 0 Å². The van der Waals surface area contributed by atoms with Crippen molar-refractivity contribution < 1.29 is 0 Å². The molecule has 0 saturated carbocycles. The number of hydrogen-bond donors (Lipinski definition) is 0. The molecule has 1 fully saturated rings. The molecule has 1 saturated heterocycles. The molecule has 0 spiro atoms. The lowest BCUT2D eigenvalue weighted by Crippen LogP contribution is -2.27. The molecule has 0 aromatic heterocycles. The van der Waals surface area contributed by atoms with Crippen molar-refractivity contribution in [3.05, 3.63) is 11.1 Å². The van der Waals surface area contributed by atoms with Crippen LogP contribution < -0.4 is 0 Å². The lowest BCUT2D eigenvalue weighted by Gasteiger charge is -2.21. The van der Waals surface area contributed by atoms with Crippen LogP contribution in [0, 0.1) is 5.41 Å². The number of likely N-dealkylation sites (tertiary alicyclic amines) is 1. The number of rotatable bonds is 3. The zero-order chi connectivity index (χ0) is 9.90. The summed E-state index contributed by atoms with van der Waals surface area (Å²) in [6, 6.07) is 0. The SMILES string of the molecule is C/C(=C\Cl)CN1CCC(C)(CBr)C1. The topological polar surface area (TPSA) is 3.24 Å². The van der Waals surface area contributed by atoms with E-state index in [-0.39, 0.29) is 0 Å². The van der Waals surface area contributed by atoms with Gasteiger partial charge in [-0.25, -0.2) is 0 Å². The third-order valence-electron chi connectivity index (χ3n) is 2.62. The monoisotopic (exact) mass is 265 g/mol. The van der Waals surface area contributed by atoms with Crippen molar-refractivity contribution in [2.75, 3.05) is 25.0 Å². The van der Waals surface area contributed by atoms with Gasteiger partial charge in [0.1, 0.15) is 0 Å². The van der Waals surface area contributed by atoms with Gasteiger partial charge in [0, 0.05) is 24.0 Å². The third-order valence-corrected chi connectivity index (χ3v) is 4.35. The smallest absolute Gasteiger partial charge is 0.0202 e. The Morgan fingerprint density at radius 2 is 2.38 bits per heavy atom. The van der Waals surface area contributed by atoms with Gasteiger partial charge in [-0.3, -0.25) is 4.90 Å². The number of alkyl halides is 1. The first-order chi connectivity index (χ1) is 6.09. The molecule has 0 amide bonds. The first kappa shape index (κ1) is 11.5. The summed E-state index contributed by atoms with van der Waals surface area (Å²) in [5.41, 5.74) is 3.40. The van der Waals surface area contributed by atoms with Gasteiger partial charge < -0.3 is 0 Å². The van der Waals surface area contributed by atoms with Crippen molar-refractivity contribution in [1.82, 2.24) is 4.90 Å². The van der Waals surface area contributed by atoms with E-state index in [0.717, 1.165) is 11.9 Å². The molecule has 0 radical (unpaired) electrons. The number of halogens is 2. The first-order valence-electron chi connectivity index (χ1n) is 4.64. The molecule has 1 nitrogen and oxygen atoms in total. The summed E-state index contributed by atoms with van der Waals surface area (Å²) in [6.45, 7) is 7.81. The van der Waals surface area contributed by atoms with Crippen molar-refractivity contribution in [3.8, 4) is 0 Å². The Kier molecular flexibility index (Phi) is 4.27. The molecule has 0 N–H and O–H groups in total. The normalized spacial score (nSPS) is 31.2. The molecule has 0 aliphatic carbocycles. The fourth-order valence-electron chi connectivity index (χ4n) is 1.76. The molecule has 1 heterocycles. The van der Waals surface area contributed by atoms with Gasteiger partial charge in [-0.1, -0.05) is 34.5 Å². The molecule has 13 heavy (non-hydrogen) atoms. The fraction of sp³-hybridized carbons (Fsp3) is 0.800. The van der Waals surface area contributed by atoms with E-state index in [4.69, 9.17) is 11.6 Å². The number of hydrogen-bond acceptors (Lipinski definition) is 1. The van der Waals surface area contributed by atoms with E-state index in [2.05, 4.69) is 34.7 Å². The van der Waals surface area contributed by atoms with Crippen molar-refractivity contribution in [3.63, 3.8) is 0 Å². The number of nitrogens with zero attached hydrogens (tertiary/aromatic N) is 1. The summed E-state index contributed by atoms with van der Waals surface area (Å²) < 4.78 is 0. The minimum Gasteiger partial charge on any atom is -0.299 e. The molecule has 1 atom stereocenters. The van der Waals surface area contributed by atoms with Gasteiger partial charge in [0.05, 0.1) is 0 Å². The molecule has 0 aromatic carbocycles. The van der Waals surface area contributed by atoms with Crippen LogP contribution in [-0.4, -0.2) is 29.9 Å². The lowest BCUT2D eigenvalue weighted by atomic mass is 9.93. The Balaban J connectivity index is 2.41. The molecule has 3 heteroatoms. The second-order valence-electron chi connectivity index (χ2n) is 4.36. The zero-order valence-corrected chi connectivity index (χ0v) is 10.7. The van der Waals surface area contributed by atoms with Gasteiger partial charge in [0.25, 0.3) is 0 Å². The van der Waals surface area contributed by atoms with E-state index in [0.29, 0.717) is 5.41 Å². The lowest BCUT2D eigenvalue weighted by molar-refractivity contribution is 0.315. The van der Waals surface area contributed by atoms with Crippen LogP contribution in [-0.2, 0) is 0 Å². The molecule has 0 aromatic rings. The highest BCUT2D eigenvalue weighted by Crippen LogP contribution is 2.31. The minimum absolute atomic E-state index is 0.465. The van der Waals surface area contributed by atoms with Crippen LogP contribution in [0.5, 0.6) is 0 Å². The van der Waals surface area contributed by atoms with Crippen LogP contribution in [0.2, 0.25) is 0 Å². The van der Waals surface area contributed by atoms with E-state index < -0.39 is 0 Å². The van der Waals surface area contributed by atoms with Gasteiger partial charge in [-0.05, 0) is 30.9 Å². The predicted molar refractivity (Wildman–Crippen MR) is 62.6 cm³/mol. The molecule has 1 aliphatic heterocycles. The average Bonchev–Trinajstić information content (AvgIpc) is 2.48. The van der Waals surface area contributed by atoms with Crippen molar-refractivity contribution in [2.24, 2.45) is 5.41 Å². The van der Waals surface area contributed by atoms with Crippen molar-refractivity contribution >= 4 is 27.5 Å². The minimum atomic E-state index is 0.465. The van der Waals surface area contributed by atoms with Crippen LogP contribution in [0.15, 0.2) is 11.1 Å².